The van der Waals surface area contributed by atoms with Gasteiger partial charge in [-0.15, -0.1) is 0 Å². The molecule has 1 aromatic carbocycles. The molecule has 0 saturated heterocycles. The molecule has 4 nitrogen and oxygen atoms in total. The Labute approximate surface area is 122 Å². The lowest BCUT2D eigenvalue weighted by Gasteiger charge is -2.10. The minimum atomic E-state index is -0.429. The summed E-state index contributed by atoms with van der Waals surface area (Å²) in [7, 11) is 0. The fourth-order valence-electron chi connectivity index (χ4n) is 1.80. The van der Waals surface area contributed by atoms with Gasteiger partial charge in [-0.3, -0.25) is 4.57 Å². The zero-order valence-corrected chi connectivity index (χ0v) is 12.0. The van der Waals surface area contributed by atoms with Gasteiger partial charge in [0.1, 0.15) is 5.82 Å². The highest BCUT2D eigenvalue weighted by Gasteiger charge is 2.07. The Hall–Kier alpha value is -1.59. The maximum Gasteiger partial charge on any atom is 0.207 e. The van der Waals surface area contributed by atoms with E-state index >= 15 is 0 Å². The first kappa shape index (κ1) is 14.8. The first-order valence-electron chi connectivity index (χ1n) is 6.52. The molecule has 2 rings (SSSR count). The van der Waals surface area contributed by atoms with E-state index in [0.717, 1.165) is 25.3 Å². The average Bonchev–Trinajstić information content (AvgIpc) is 2.90. The summed E-state index contributed by atoms with van der Waals surface area (Å²) in [6.07, 6.45) is 4.38. The fourth-order valence-corrected chi connectivity index (χ4v) is 1.97. The Balaban J connectivity index is 2.02. The number of nitrogens with zero attached hydrogens (tertiary/aromatic N) is 2. The summed E-state index contributed by atoms with van der Waals surface area (Å²) in [6.45, 7) is 4.17. The van der Waals surface area contributed by atoms with Gasteiger partial charge in [-0.05, 0) is 31.5 Å². The lowest BCUT2D eigenvalue weighted by molar-refractivity contribution is 0.147. The van der Waals surface area contributed by atoms with Crippen molar-refractivity contribution in [1.29, 1.82) is 0 Å². The summed E-state index contributed by atoms with van der Waals surface area (Å²) in [5.41, 5.74) is 0.765. The van der Waals surface area contributed by atoms with Crippen LogP contribution >= 0.6 is 11.6 Å². The van der Waals surface area contributed by atoms with E-state index in [9.17, 15) is 4.39 Å². The topological polar surface area (TPSA) is 39.1 Å². The van der Waals surface area contributed by atoms with Crippen molar-refractivity contribution in [2.24, 2.45) is 0 Å². The van der Waals surface area contributed by atoms with Gasteiger partial charge in [-0.25, -0.2) is 9.37 Å². The molecule has 6 heteroatoms. The van der Waals surface area contributed by atoms with Crippen LogP contribution in [0.5, 0.6) is 0 Å². The van der Waals surface area contributed by atoms with E-state index in [1.165, 1.54) is 6.07 Å². The van der Waals surface area contributed by atoms with E-state index in [1.807, 2.05) is 11.5 Å². The molecule has 1 heterocycles. The maximum atomic E-state index is 13.2. The lowest BCUT2D eigenvalue weighted by Crippen LogP contribution is -2.10. The Bertz CT molecular complexity index is 559. The van der Waals surface area contributed by atoms with E-state index in [0.29, 0.717) is 12.6 Å². The average molecular weight is 298 g/mol. The summed E-state index contributed by atoms with van der Waals surface area (Å²) >= 11 is 5.80. The van der Waals surface area contributed by atoms with Crippen LogP contribution in [0.2, 0.25) is 5.02 Å². The molecule has 0 unspecified atom stereocenters. The Morgan fingerprint density at radius 1 is 1.45 bits per heavy atom. The van der Waals surface area contributed by atoms with E-state index in [1.54, 1.807) is 24.5 Å². The number of aromatic nitrogens is 2. The molecule has 0 bridgehead atoms. The van der Waals surface area contributed by atoms with Crippen molar-refractivity contribution in [2.45, 2.75) is 13.3 Å². The molecular weight excluding hydrogens is 281 g/mol. The van der Waals surface area contributed by atoms with Gasteiger partial charge in [0, 0.05) is 32.2 Å². The van der Waals surface area contributed by atoms with E-state index in [2.05, 4.69) is 10.3 Å². The smallest absolute Gasteiger partial charge is 0.207 e. The number of rotatable bonds is 7. The van der Waals surface area contributed by atoms with Gasteiger partial charge in [0.2, 0.25) is 5.95 Å². The fraction of sp³-hybridized carbons (Fsp3) is 0.357. The minimum Gasteiger partial charge on any atom is -0.382 e. The first-order chi connectivity index (χ1) is 9.72. The minimum absolute atomic E-state index is 0.0958. The summed E-state index contributed by atoms with van der Waals surface area (Å²) in [5.74, 6) is 0.269. The number of imidazole rings is 1. The third-order valence-corrected chi connectivity index (χ3v) is 3.06. The number of nitrogens with one attached hydrogen (secondary N) is 1. The van der Waals surface area contributed by atoms with E-state index < -0.39 is 5.82 Å². The van der Waals surface area contributed by atoms with Gasteiger partial charge < -0.3 is 10.1 Å². The zero-order chi connectivity index (χ0) is 14.4. The van der Waals surface area contributed by atoms with Crippen LogP contribution in [0.15, 0.2) is 30.6 Å². The number of hydrogen-bond acceptors (Lipinski definition) is 3. The van der Waals surface area contributed by atoms with Crippen LogP contribution in [-0.4, -0.2) is 29.3 Å². The van der Waals surface area contributed by atoms with Crippen molar-refractivity contribution >= 4 is 17.5 Å². The predicted molar refractivity (Wildman–Crippen MR) is 78.1 cm³/mol. The number of hydrogen-bond donors (Lipinski definition) is 1. The van der Waals surface area contributed by atoms with Gasteiger partial charge in [-0.1, -0.05) is 11.6 Å². The Morgan fingerprint density at radius 2 is 2.30 bits per heavy atom. The normalized spacial score (nSPS) is 10.8. The van der Waals surface area contributed by atoms with Crippen molar-refractivity contribution in [3.63, 3.8) is 0 Å². The van der Waals surface area contributed by atoms with Crippen LogP contribution in [0.4, 0.5) is 10.3 Å². The standard InChI is InChI=1S/C14H17ClFN3O/c1-2-20-9-3-6-17-14-18-7-8-19(14)11-4-5-13(16)12(15)10-11/h4-5,7-8,10H,2-3,6,9H2,1H3,(H,17,18). The first-order valence-corrected chi connectivity index (χ1v) is 6.90. The molecule has 0 atom stereocenters. The van der Waals surface area contributed by atoms with Crippen molar-refractivity contribution in [3.8, 4) is 5.69 Å². The highest BCUT2D eigenvalue weighted by Crippen LogP contribution is 2.21. The van der Waals surface area contributed by atoms with Crippen LogP contribution in [0.1, 0.15) is 13.3 Å². The number of ether oxygens (including phenoxy) is 1. The molecule has 2 aromatic rings. The van der Waals surface area contributed by atoms with Crippen molar-refractivity contribution in [1.82, 2.24) is 9.55 Å². The predicted octanol–water partition coefficient (Wildman–Crippen LogP) is 3.50. The second kappa shape index (κ2) is 7.26. The second-order valence-corrected chi connectivity index (χ2v) is 4.60. The van der Waals surface area contributed by atoms with E-state index in [4.69, 9.17) is 16.3 Å². The van der Waals surface area contributed by atoms with Crippen molar-refractivity contribution in [2.75, 3.05) is 25.1 Å². The molecular formula is C14H17ClFN3O. The highest BCUT2D eigenvalue weighted by atomic mass is 35.5. The van der Waals surface area contributed by atoms with Crippen LogP contribution in [0.25, 0.3) is 5.69 Å². The Kier molecular flexibility index (Phi) is 5.38. The number of anilines is 1. The van der Waals surface area contributed by atoms with Crippen LogP contribution < -0.4 is 5.32 Å². The van der Waals surface area contributed by atoms with Gasteiger partial charge in [0.15, 0.2) is 0 Å². The molecule has 0 aliphatic heterocycles. The molecule has 0 aliphatic carbocycles. The van der Waals surface area contributed by atoms with Gasteiger partial charge >= 0.3 is 0 Å². The highest BCUT2D eigenvalue weighted by molar-refractivity contribution is 6.30. The quantitative estimate of drug-likeness (QED) is 0.795. The molecule has 0 radical (unpaired) electrons. The monoisotopic (exact) mass is 297 g/mol. The Morgan fingerprint density at radius 3 is 3.05 bits per heavy atom. The largest absolute Gasteiger partial charge is 0.382 e. The summed E-state index contributed by atoms with van der Waals surface area (Å²) < 4.78 is 20.3. The maximum absolute atomic E-state index is 13.2. The van der Waals surface area contributed by atoms with Gasteiger partial charge in [-0.2, -0.15) is 0 Å². The molecule has 1 aromatic heterocycles. The lowest BCUT2D eigenvalue weighted by atomic mass is 10.3. The summed E-state index contributed by atoms with van der Waals surface area (Å²) in [5, 5.41) is 3.32. The number of benzene rings is 1. The SMILES string of the molecule is CCOCCCNc1nccn1-c1ccc(F)c(Cl)c1. The molecule has 108 valence electrons. The molecule has 1 N–H and O–H groups in total. The number of halogens is 2. The second-order valence-electron chi connectivity index (χ2n) is 4.20. The molecule has 0 spiro atoms. The van der Waals surface area contributed by atoms with Crippen molar-refractivity contribution in [3.05, 3.63) is 41.4 Å². The molecule has 0 aliphatic rings. The summed E-state index contributed by atoms with van der Waals surface area (Å²) in [4.78, 5) is 4.24. The molecule has 0 amide bonds. The van der Waals surface area contributed by atoms with Crippen LogP contribution in [0.3, 0.4) is 0 Å². The van der Waals surface area contributed by atoms with E-state index in [-0.39, 0.29) is 5.02 Å². The van der Waals surface area contributed by atoms with Crippen LogP contribution in [0, 0.1) is 5.82 Å². The molecule has 0 saturated carbocycles. The van der Waals surface area contributed by atoms with Gasteiger partial charge in [0.05, 0.1) is 10.7 Å². The van der Waals surface area contributed by atoms with Gasteiger partial charge in [0.25, 0.3) is 0 Å². The summed E-state index contributed by atoms with van der Waals surface area (Å²) in [6, 6.07) is 4.58. The molecule has 0 fully saturated rings. The van der Waals surface area contributed by atoms with Crippen molar-refractivity contribution < 1.29 is 9.13 Å². The van der Waals surface area contributed by atoms with Crippen LogP contribution in [-0.2, 0) is 4.74 Å². The molecule has 20 heavy (non-hydrogen) atoms. The zero-order valence-electron chi connectivity index (χ0n) is 11.3. The third kappa shape index (κ3) is 3.71. The third-order valence-electron chi connectivity index (χ3n) is 2.77.